The minimum Gasteiger partial charge on any atom is -0.364 e. The van der Waals surface area contributed by atoms with Gasteiger partial charge >= 0.3 is 0 Å². The van der Waals surface area contributed by atoms with Gasteiger partial charge in [-0.15, -0.1) is 0 Å². The van der Waals surface area contributed by atoms with Crippen LogP contribution >= 0.6 is 11.6 Å². The smallest absolute Gasteiger partial charge is 0.269 e. The van der Waals surface area contributed by atoms with Crippen LogP contribution in [0, 0.1) is 5.82 Å². The van der Waals surface area contributed by atoms with Crippen molar-refractivity contribution < 1.29 is 23.6 Å². The highest BCUT2D eigenvalue weighted by molar-refractivity contribution is 6.33. The van der Waals surface area contributed by atoms with Crippen LogP contribution in [0.2, 0.25) is 5.02 Å². The third-order valence-electron chi connectivity index (χ3n) is 9.01. The number of fused-ring (bicyclic) bond motifs is 1. The Labute approximate surface area is 289 Å². The number of carbonyl (C=O) groups is 4. The molecule has 49 heavy (non-hydrogen) atoms. The molecule has 0 unspecified atom stereocenters. The Morgan fingerprint density at radius 2 is 1.71 bits per heavy atom. The number of halogens is 2. The summed E-state index contributed by atoms with van der Waals surface area (Å²) in [6.45, 7) is 4.74. The average molecular weight is 690 g/mol. The fourth-order valence-corrected chi connectivity index (χ4v) is 6.40. The summed E-state index contributed by atoms with van der Waals surface area (Å²) in [6, 6.07) is 16.4. The molecule has 3 N–H and O–H groups in total. The maximum atomic E-state index is 15.5. The fourth-order valence-electron chi connectivity index (χ4n) is 6.16. The van der Waals surface area contributed by atoms with Crippen LogP contribution in [0.1, 0.15) is 42.7 Å². The molecule has 4 aromatic rings. The molecular formula is C36H41ClFN7O4. The topological polar surface area (TPSA) is 134 Å². The van der Waals surface area contributed by atoms with Gasteiger partial charge < -0.3 is 25.8 Å². The van der Waals surface area contributed by atoms with Crippen LogP contribution in [0.3, 0.4) is 0 Å². The summed E-state index contributed by atoms with van der Waals surface area (Å²) in [5.41, 5.74) is 7.48. The lowest BCUT2D eigenvalue weighted by Gasteiger charge is -2.35. The number of piperidine rings is 1. The van der Waals surface area contributed by atoms with Gasteiger partial charge in [0, 0.05) is 40.7 Å². The van der Waals surface area contributed by atoms with E-state index in [1.807, 2.05) is 7.05 Å². The highest BCUT2D eigenvalue weighted by Gasteiger charge is 2.26. The second-order valence-electron chi connectivity index (χ2n) is 12.7. The third kappa shape index (κ3) is 8.09. The molecule has 0 radical (unpaired) electrons. The van der Waals surface area contributed by atoms with Gasteiger partial charge in [-0.1, -0.05) is 48.0 Å². The Hall–Kier alpha value is -4.81. The van der Waals surface area contributed by atoms with Crippen molar-refractivity contribution in [3.05, 3.63) is 82.8 Å². The van der Waals surface area contributed by atoms with Crippen LogP contribution in [0.4, 0.5) is 10.1 Å². The Balaban J connectivity index is 1.30. The second-order valence-corrected chi connectivity index (χ2v) is 13.2. The van der Waals surface area contributed by atoms with Crippen LogP contribution < -0.4 is 11.1 Å². The van der Waals surface area contributed by atoms with Crippen LogP contribution in [0.15, 0.2) is 60.7 Å². The molecule has 0 atom stereocenters. The Kier molecular flexibility index (Phi) is 11.0. The van der Waals surface area contributed by atoms with Gasteiger partial charge in [-0.2, -0.15) is 5.10 Å². The molecule has 2 heterocycles. The number of nitrogens with one attached hydrogen (secondary N) is 1. The molecule has 1 aliphatic heterocycles. The molecule has 11 nitrogen and oxygen atoms in total. The van der Waals surface area contributed by atoms with Crippen LogP contribution in [-0.4, -0.2) is 93.9 Å². The molecule has 258 valence electrons. The zero-order valence-electron chi connectivity index (χ0n) is 28.1. The minimum atomic E-state index is -0.774. The van der Waals surface area contributed by atoms with Crippen LogP contribution in [0.25, 0.3) is 22.0 Å². The first-order valence-corrected chi connectivity index (χ1v) is 16.6. The number of aromatic nitrogens is 2. The number of nitrogens with two attached hydrogens (primary N) is 1. The van der Waals surface area contributed by atoms with E-state index in [9.17, 15) is 19.2 Å². The van der Waals surface area contributed by atoms with Crippen molar-refractivity contribution in [2.45, 2.75) is 51.7 Å². The summed E-state index contributed by atoms with van der Waals surface area (Å²) in [4.78, 5) is 57.7. The SMILES string of the molecule is CC(C)N(CC(=O)Nc1cccc(-c2ccccc2Cl)c1F)C(=O)Cn1nc(C(N)=O)c2cc(CC(=O)N(C)C3CCN(C)CC3)ccc21. The van der Waals surface area contributed by atoms with Crippen molar-refractivity contribution in [3.8, 4) is 11.1 Å². The van der Waals surface area contributed by atoms with Gasteiger partial charge in [0.15, 0.2) is 11.5 Å². The number of primary amides is 1. The number of rotatable bonds is 11. The lowest BCUT2D eigenvalue weighted by atomic mass is 10.0. The van der Waals surface area contributed by atoms with Gasteiger partial charge in [0.1, 0.15) is 13.1 Å². The predicted octanol–water partition coefficient (Wildman–Crippen LogP) is 4.57. The number of anilines is 1. The summed E-state index contributed by atoms with van der Waals surface area (Å²) >= 11 is 6.27. The van der Waals surface area contributed by atoms with Crippen molar-refractivity contribution in [1.82, 2.24) is 24.5 Å². The molecule has 1 aliphatic rings. The molecule has 13 heteroatoms. The molecule has 0 saturated carbocycles. The van der Waals surface area contributed by atoms with E-state index in [0.717, 1.165) is 25.9 Å². The van der Waals surface area contributed by atoms with Crippen molar-refractivity contribution in [1.29, 1.82) is 0 Å². The molecule has 1 aromatic heterocycles. The first kappa shape index (κ1) is 35.5. The van der Waals surface area contributed by atoms with E-state index in [1.165, 1.54) is 15.6 Å². The monoisotopic (exact) mass is 689 g/mol. The lowest BCUT2D eigenvalue weighted by Crippen LogP contribution is -2.44. The van der Waals surface area contributed by atoms with Crippen LogP contribution in [-0.2, 0) is 27.3 Å². The Morgan fingerprint density at radius 1 is 1.02 bits per heavy atom. The van der Waals surface area contributed by atoms with Crippen molar-refractivity contribution in [3.63, 3.8) is 0 Å². The molecule has 4 amide bonds. The first-order valence-electron chi connectivity index (χ1n) is 16.2. The van der Waals surface area contributed by atoms with Crippen molar-refractivity contribution >= 4 is 51.8 Å². The number of hydrogen-bond acceptors (Lipinski definition) is 6. The summed E-state index contributed by atoms with van der Waals surface area (Å²) < 4.78 is 16.8. The molecule has 0 spiro atoms. The maximum Gasteiger partial charge on any atom is 0.269 e. The number of hydrogen-bond donors (Lipinski definition) is 2. The average Bonchev–Trinajstić information content (AvgIpc) is 3.42. The van der Waals surface area contributed by atoms with Crippen molar-refractivity contribution in [2.24, 2.45) is 5.73 Å². The van der Waals surface area contributed by atoms with Gasteiger partial charge in [0.2, 0.25) is 17.7 Å². The summed E-state index contributed by atoms with van der Waals surface area (Å²) in [5, 5.41) is 7.72. The van der Waals surface area contributed by atoms with E-state index >= 15 is 4.39 Å². The van der Waals surface area contributed by atoms with E-state index < -0.39 is 29.6 Å². The van der Waals surface area contributed by atoms with Crippen LogP contribution in [0.5, 0.6) is 0 Å². The fraction of sp³-hybridized carbons (Fsp3) is 0.361. The van der Waals surface area contributed by atoms with Crippen molar-refractivity contribution in [2.75, 3.05) is 39.0 Å². The molecule has 1 fully saturated rings. The van der Waals surface area contributed by atoms with Gasteiger partial charge in [-0.05, 0) is 76.7 Å². The number of carbonyl (C=O) groups excluding carboxylic acids is 4. The quantitative estimate of drug-likeness (QED) is 0.237. The Bertz CT molecular complexity index is 1890. The summed E-state index contributed by atoms with van der Waals surface area (Å²) in [5.74, 6) is -2.50. The molecule has 0 bridgehead atoms. The maximum absolute atomic E-state index is 15.5. The van der Waals surface area contributed by atoms with Gasteiger partial charge in [0.25, 0.3) is 5.91 Å². The van der Waals surface area contributed by atoms with Gasteiger partial charge in [-0.25, -0.2) is 4.39 Å². The zero-order valence-corrected chi connectivity index (χ0v) is 28.8. The van der Waals surface area contributed by atoms with E-state index in [2.05, 4.69) is 22.4 Å². The van der Waals surface area contributed by atoms with Gasteiger partial charge in [-0.3, -0.25) is 23.9 Å². The van der Waals surface area contributed by atoms with Gasteiger partial charge in [0.05, 0.1) is 17.6 Å². The first-order chi connectivity index (χ1) is 23.3. The van der Waals surface area contributed by atoms with E-state index in [1.54, 1.807) is 73.3 Å². The largest absolute Gasteiger partial charge is 0.364 e. The predicted molar refractivity (Wildman–Crippen MR) is 188 cm³/mol. The number of nitrogens with zero attached hydrogens (tertiary/aromatic N) is 5. The van der Waals surface area contributed by atoms with E-state index in [4.69, 9.17) is 17.3 Å². The highest BCUT2D eigenvalue weighted by atomic mass is 35.5. The number of benzene rings is 3. The number of amides is 4. The molecule has 1 saturated heterocycles. The standard InChI is InChI=1S/C36H41ClFN7O4/c1-22(2)44(20-31(46)40-29-11-7-9-26(34(29)38)25-8-5-6-10-28(25)37)33(48)21-45-30-13-12-23(18-27(30)35(41-45)36(39)49)19-32(47)43(4)24-14-16-42(3)17-15-24/h5-13,18,22,24H,14-17,19-21H2,1-4H3,(H2,39,49)(H,40,46). The Morgan fingerprint density at radius 3 is 2.39 bits per heavy atom. The molecular weight excluding hydrogens is 649 g/mol. The molecule has 5 rings (SSSR count). The number of likely N-dealkylation sites (tertiary alicyclic amines) is 1. The highest BCUT2D eigenvalue weighted by Crippen LogP contribution is 2.32. The van der Waals surface area contributed by atoms with E-state index in [0.29, 0.717) is 27.1 Å². The number of likely N-dealkylation sites (N-methyl/N-ethyl adjacent to an activating group) is 1. The normalized spacial score (nSPS) is 13.9. The summed E-state index contributed by atoms with van der Waals surface area (Å²) in [6.07, 6.45) is 1.96. The molecule has 3 aromatic carbocycles. The lowest BCUT2D eigenvalue weighted by molar-refractivity contribution is -0.137. The summed E-state index contributed by atoms with van der Waals surface area (Å²) in [7, 11) is 3.89. The minimum absolute atomic E-state index is 0.0245. The zero-order chi connectivity index (χ0) is 35.4. The van der Waals surface area contributed by atoms with E-state index in [-0.39, 0.29) is 48.4 Å². The molecule has 0 aliphatic carbocycles. The third-order valence-corrected chi connectivity index (χ3v) is 9.34. The second kappa shape index (κ2) is 15.2.